The first-order valence-electron chi connectivity index (χ1n) is 12.2. The molecule has 0 spiro atoms. The van der Waals surface area contributed by atoms with Crippen LogP contribution in [0.2, 0.25) is 0 Å². The molecule has 1 atom stereocenters. The standard InChI is InChI=1S/C28H30N4O2/c1-16(2)32-12-11-25-26(17(3)30-33-25)22-14-19(9-10-24(22)32)13-20-15-29-23-8-6-5-7-21(23)27-18(4)31-34-28(20)27/h5-10,14,16,20,29H,11-13,15H2,1-4H3. The number of aryl methyl sites for hydroxylation is 2. The topological polar surface area (TPSA) is 67.3 Å². The lowest BCUT2D eigenvalue weighted by atomic mass is 9.90. The van der Waals surface area contributed by atoms with Crippen molar-refractivity contribution < 1.29 is 9.05 Å². The number of rotatable bonds is 3. The number of hydrogen-bond acceptors (Lipinski definition) is 6. The van der Waals surface area contributed by atoms with Gasteiger partial charge in [0.2, 0.25) is 0 Å². The lowest BCUT2D eigenvalue weighted by Gasteiger charge is -2.29. The molecule has 1 unspecified atom stereocenters. The summed E-state index contributed by atoms with van der Waals surface area (Å²) in [6, 6.07) is 15.7. The Bertz CT molecular complexity index is 1370. The highest BCUT2D eigenvalue weighted by molar-refractivity contribution is 5.84. The molecule has 4 aromatic rings. The lowest BCUT2D eigenvalue weighted by molar-refractivity contribution is 0.360. The van der Waals surface area contributed by atoms with E-state index in [2.05, 4.69) is 76.8 Å². The summed E-state index contributed by atoms with van der Waals surface area (Å²) in [5, 5.41) is 12.3. The Morgan fingerprint density at radius 2 is 1.79 bits per heavy atom. The van der Waals surface area contributed by atoms with Crippen molar-refractivity contribution in [1.82, 2.24) is 10.3 Å². The maximum absolute atomic E-state index is 5.93. The third-order valence-corrected chi connectivity index (χ3v) is 7.25. The van der Waals surface area contributed by atoms with Gasteiger partial charge in [0.05, 0.1) is 11.4 Å². The lowest BCUT2D eigenvalue weighted by Crippen LogP contribution is -2.32. The van der Waals surface area contributed by atoms with Gasteiger partial charge in [-0.05, 0) is 57.9 Å². The van der Waals surface area contributed by atoms with Crippen molar-refractivity contribution in [2.75, 3.05) is 23.3 Å². The Kier molecular flexibility index (Phi) is 4.97. The minimum atomic E-state index is 0.177. The molecule has 1 N–H and O–H groups in total. The fraction of sp³-hybridized carbons (Fsp3) is 0.357. The van der Waals surface area contributed by atoms with Crippen LogP contribution in [0.3, 0.4) is 0 Å². The van der Waals surface area contributed by atoms with Crippen LogP contribution in [0.5, 0.6) is 0 Å². The van der Waals surface area contributed by atoms with Crippen molar-refractivity contribution in [3.8, 4) is 22.3 Å². The van der Waals surface area contributed by atoms with Crippen LogP contribution in [-0.2, 0) is 12.8 Å². The monoisotopic (exact) mass is 454 g/mol. The zero-order chi connectivity index (χ0) is 23.4. The van der Waals surface area contributed by atoms with Crippen LogP contribution in [-0.4, -0.2) is 29.4 Å². The van der Waals surface area contributed by atoms with E-state index in [0.717, 1.165) is 71.2 Å². The van der Waals surface area contributed by atoms with Gasteiger partial charge in [0.15, 0.2) is 0 Å². The van der Waals surface area contributed by atoms with Gasteiger partial charge in [0.25, 0.3) is 0 Å². The molecule has 2 aromatic heterocycles. The summed E-state index contributed by atoms with van der Waals surface area (Å²) in [5.74, 6) is 2.13. The van der Waals surface area contributed by atoms with Gasteiger partial charge in [0, 0.05) is 65.1 Å². The van der Waals surface area contributed by atoms with E-state index in [1.165, 1.54) is 16.8 Å². The highest BCUT2D eigenvalue weighted by Crippen LogP contribution is 2.43. The predicted octanol–water partition coefficient (Wildman–Crippen LogP) is 6.14. The average Bonchev–Trinajstić information content (AvgIpc) is 3.28. The molecule has 0 bridgehead atoms. The van der Waals surface area contributed by atoms with Crippen LogP contribution in [0, 0.1) is 13.8 Å². The number of aromatic nitrogens is 2. The quantitative estimate of drug-likeness (QED) is 0.401. The second kappa shape index (κ2) is 8.05. The number of fused-ring (bicyclic) bond motifs is 6. The van der Waals surface area contributed by atoms with Crippen molar-refractivity contribution in [3.05, 3.63) is 70.9 Å². The van der Waals surface area contributed by atoms with E-state index in [1.54, 1.807) is 0 Å². The van der Waals surface area contributed by atoms with Crippen LogP contribution < -0.4 is 10.2 Å². The molecule has 4 heterocycles. The molecule has 0 fully saturated rings. The molecule has 2 aliphatic rings. The Morgan fingerprint density at radius 3 is 2.65 bits per heavy atom. The fourth-order valence-corrected chi connectivity index (χ4v) is 5.60. The summed E-state index contributed by atoms with van der Waals surface area (Å²) in [7, 11) is 0. The zero-order valence-electron chi connectivity index (χ0n) is 20.2. The molecule has 2 aliphatic heterocycles. The molecule has 6 heteroatoms. The molecule has 6 nitrogen and oxygen atoms in total. The molecular weight excluding hydrogens is 424 g/mol. The third kappa shape index (κ3) is 3.31. The van der Waals surface area contributed by atoms with E-state index >= 15 is 0 Å². The van der Waals surface area contributed by atoms with E-state index in [4.69, 9.17) is 9.05 Å². The van der Waals surface area contributed by atoms with Gasteiger partial charge in [-0.2, -0.15) is 0 Å². The Labute approximate surface area is 199 Å². The maximum Gasteiger partial charge on any atom is 0.150 e. The van der Waals surface area contributed by atoms with Crippen LogP contribution >= 0.6 is 0 Å². The van der Waals surface area contributed by atoms with Gasteiger partial charge in [-0.25, -0.2) is 0 Å². The van der Waals surface area contributed by atoms with Crippen LogP contribution in [0.4, 0.5) is 11.4 Å². The first-order chi connectivity index (χ1) is 16.5. The fourth-order valence-electron chi connectivity index (χ4n) is 5.60. The van der Waals surface area contributed by atoms with Crippen LogP contribution in [0.15, 0.2) is 51.5 Å². The second-order valence-corrected chi connectivity index (χ2v) is 9.79. The van der Waals surface area contributed by atoms with Crippen LogP contribution in [0.1, 0.15) is 48.2 Å². The average molecular weight is 455 g/mol. The van der Waals surface area contributed by atoms with Crippen molar-refractivity contribution in [2.45, 2.75) is 52.5 Å². The first-order valence-corrected chi connectivity index (χ1v) is 12.2. The predicted molar refractivity (Wildman–Crippen MR) is 134 cm³/mol. The van der Waals surface area contributed by atoms with E-state index in [-0.39, 0.29) is 5.92 Å². The maximum atomic E-state index is 5.93. The minimum Gasteiger partial charge on any atom is -0.384 e. The molecule has 2 aromatic carbocycles. The summed E-state index contributed by atoms with van der Waals surface area (Å²) >= 11 is 0. The summed E-state index contributed by atoms with van der Waals surface area (Å²) in [5.41, 5.74) is 10.2. The van der Waals surface area contributed by atoms with E-state index < -0.39 is 0 Å². The Balaban J connectivity index is 1.41. The number of hydrogen-bond donors (Lipinski definition) is 1. The van der Waals surface area contributed by atoms with Gasteiger partial charge >= 0.3 is 0 Å². The number of benzene rings is 2. The van der Waals surface area contributed by atoms with Gasteiger partial charge in [0.1, 0.15) is 11.5 Å². The van der Waals surface area contributed by atoms with E-state index in [9.17, 15) is 0 Å². The molecule has 0 radical (unpaired) electrons. The number of nitrogens with one attached hydrogen (secondary N) is 1. The van der Waals surface area contributed by atoms with Crippen molar-refractivity contribution in [3.63, 3.8) is 0 Å². The normalized spacial score (nSPS) is 16.7. The van der Waals surface area contributed by atoms with Crippen molar-refractivity contribution >= 4 is 11.4 Å². The number of anilines is 2. The van der Waals surface area contributed by atoms with Crippen molar-refractivity contribution in [1.29, 1.82) is 0 Å². The summed E-state index contributed by atoms with van der Waals surface area (Å²) in [6.45, 7) is 10.3. The largest absolute Gasteiger partial charge is 0.384 e. The second-order valence-electron chi connectivity index (χ2n) is 9.79. The van der Waals surface area contributed by atoms with E-state index in [1.807, 2.05) is 13.8 Å². The molecule has 0 saturated heterocycles. The van der Waals surface area contributed by atoms with Gasteiger partial charge in [-0.15, -0.1) is 0 Å². The number of nitrogens with zero attached hydrogens (tertiary/aromatic N) is 3. The first kappa shape index (κ1) is 21.0. The Hall–Kier alpha value is -3.54. The third-order valence-electron chi connectivity index (χ3n) is 7.25. The summed E-state index contributed by atoms with van der Waals surface area (Å²) in [4.78, 5) is 2.47. The molecule has 0 amide bonds. The molecule has 34 heavy (non-hydrogen) atoms. The smallest absolute Gasteiger partial charge is 0.150 e. The molecular formula is C28H30N4O2. The number of para-hydroxylation sites is 1. The SMILES string of the molecule is Cc1noc2c1-c1cc(CC3CNc4ccccc4-c4c(C)noc43)ccc1N(C(C)C)CC2. The molecule has 174 valence electrons. The van der Waals surface area contributed by atoms with Gasteiger partial charge in [-0.3, -0.25) is 0 Å². The van der Waals surface area contributed by atoms with Crippen molar-refractivity contribution in [2.24, 2.45) is 0 Å². The molecule has 6 rings (SSSR count). The summed E-state index contributed by atoms with van der Waals surface area (Å²) < 4.78 is 11.7. The minimum absolute atomic E-state index is 0.177. The Morgan fingerprint density at radius 1 is 1.00 bits per heavy atom. The van der Waals surface area contributed by atoms with Gasteiger partial charge < -0.3 is 19.3 Å². The van der Waals surface area contributed by atoms with Gasteiger partial charge in [-0.1, -0.05) is 34.6 Å². The highest BCUT2D eigenvalue weighted by Gasteiger charge is 2.30. The van der Waals surface area contributed by atoms with E-state index in [0.29, 0.717) is 6.04 Å². The molecule has 0 aliphatic carbocycles. The highest BCUT2D eigenvalue weighted by atomic mass is 16.5. The summed E-state index contributed by atoms with van der Waals surface area (Å²) in [6.07, 6.45) is 1.72. The molecule has 0 saturated carbocycles. The zero-order valence-corrected chi connectivity index (χ0v) is 20.2. The van der Waals surface area contributed by atoms with Crippen LogP contribution in [0.25, 0.3) is 22.3 Å².